The van der Waals surface area contributed by atoms with E-state index < -0.39 is 11.9 Å². The molecule has 0 radical (unpaired) electrons. The molecule has 0 N–H and O–H groups in total. The molecule has 2 fully saturated rings. The van der Waals surface area contributed by atoms with Crippen molar-refractivity contribution >= 4 is 37.8 Å². The Bertz CT molecular complexity index is 447. The summed E-state index contributed by atoms with van der Waals surface area (Å²) in [6.45, 7) is 5.65. The van der Waals surface area contributed by atoms with Crippen LogP contribution < -0.4 is 0 Å². The lowest BCUT2D eigenvalue weighted by molar-refractivity contribution is -0.201. The highest BCUT2D eigenvalue weighted by molar-refractivity contribution is 9.28. The molecule has 5 nitrogen and oxygen atoms in total. The Hall–Kier alpha value is 0.0500. The first kappa shape index (κ1) is 18.4. The Labute approximate surface area is 147 Å². The van der Waals surface area contributed by atoms with Gasteiger partial charge in [0.1, 0.15) is 12.2 Å². The van der Waals surface area contributed by atoms with Crippen molar-refractivity contribution in [2.24, 2.45) is 5.92 Å². The summed E-state index contributed by atoms with van der Waals surface area (Å²) >= 11 is 6.68. The van der Waals surface area contributed by atoms with Gasteiger partial charge < -0.3 is 18.9 Å². The normalized spacial score (nSPS) is 37.7. The number of halogens is 2. The van der Waals surface area contributed by atoms with Crippen molar-refractivity contribution < 1.29 is 23.7 Å². The molecule has 7 heteroatoms. The maximum Gasteiger partial charge on any atom is 0.306 e. The zero-order valence-corrected chi connectivity index (χ0v) is 16.3. The number of esters is 1. The van der Waals surface area contributed by atoms with Gasteiger partial charge in [0.25, 0.3) is 0 Å². The lowest BCUT2D eigenvalue weighted by Gasteiger charge is -2.39. The third-order valence-electron chi connectivity index (χ3n) is 4.01. The maximum atomic E-state index is 12.0. The van der Waals surface area contributed by atoms with Crippen molar-refractivity contribution in [3.05, 3.63) is 9.47 Å². The second kappa shape index (κ2) is 7.30. The summed E-state index contributed by atoms with van der Waals surface area (Å²) in [5.74, 6) is -0.857. The summed E-state index contributed by atoms with van der Waals surface area (Å²) in [4.78, 5) is 12.0. The first-order valence-corrected chi connectivity index (χ1v) is 8.91. The molecule has 2 aliphatic heterocycles. The average molecular weight is 442 g/mol. The van der Waals surface area contributed by atoms with Crippen LogP contribution in [0.15, 0.2) is 9.47 Å². The van der Waals surface area contributed by atoms with E-state index >= 15 is 0 Å². The lowest BCUT2D eigenvalue weighted by Crippen LogP contribution is -2.52. The maximum absolute atomic E-state index is 12.0. The molecule has 2 heterocycles. The fraction of sp³-hybridized carbons (Fsp3) is 0.800. The van der Waals surface area contributed by atoms with E-state index in [9.17, 15) is 4.79 Å². The first-order valence-electron chi connectivity index (χ1n) is 7.32. The van der Waals surface area contributed by atoms with E-state index in [4.69, 9.17) is 18.9 Å². The van der Waals surface area contributed by atoms with Gasteiger partial charge >= 0.3 is 5.97 Å². The van der Waals surface area contributed by atoms with Gasteiger partial charge in [0, 0.05) is 13.0 Å². The zero-order chi connectivity index (χ0) is 16.5. The van der Waals surface area contributed by atoms with Crippen LogP contribution in [-0.4, -0.2) is 43.3 Å². The van der Waals surface area contributed by atoms with Gasteiger partial charge in [-0.05, 0) is 59.1 Å². The minimum atomic E-state index is -0.680. The summed E-state index contributed by atoms with van der Waals surface area (Å²) in [6.07, 6.45) is 1.84. The number of methoxy groups -OCH3 is 1. The van der Waals surface area contributed by atoms with Crippen molar-refractivity contribution in [3.63, 3.8) is 0 Å². The highest BCUT2D eigenvalue weighted by atomic mass is 79.9. The van der Waals surface area contributed by atoms with Crippen LogP contribution in [0, 0.1) is 5.92 Å². The van der Waals surface area contributed by atoms with Crippen LogP contribution in [0.5, 0.6) is 0 Å². The molecular formula is C15H22Br2O5. The minimum absolute atomic E-state index is 0.0425. The van der Waals surface area contributed by atoms with Crippen molar-refractivity contribution in [2.75, 3.05) is 7.11 Å². The molecule has 2 aliphatic rings. The predicted molar refractivity (Wildman–Crippen MR) is 88.8 cm³/mol. The number of ether oxygens (including phenoxy) is 4. The van der Waals surface area contributed by atoms with Crippen molar-refractivity contribution in [1.29, 1.82) is 0 Å². The van der Waals surface area contributed by atoms with E-state index in [-0.39, 0.29) is 30.2 Å². The molecule has 0 aliphatic carbocycles. The predicted octanol–water partition coefficient (Wildman–Crippen LogP) is 3.49. The topological polar surface area (TPSA) is 54.0 Å². The molecule has 2 rings (SSSR count). The van der Waals surface area contributed by atoms with Gasteiger partial charge in [-0.25, -0.2) is 0 Å². The summed E-state index contributed by atoms with van der Waals surface area (Å²) in [7, 11) is 1.64. The van der Waals surface area contributed by atoms with E-state index in [0.29, 0.717) is 12.8 Å². The monoisotopic (exact) mass is 440 g/mol. The van der Waals surface area contributed by atoms with E-state index in [2.05, 4.69) is 31.9 Å². The Kier molecular flexibility index (Phi) is 6.10. The Morgan fingerprint density at radius 1 is 1.36 bits per heavy atom. The van der Waals surface area contributed by atoms with Crippen LogP contribution in [-0.2, 0) is 23.7 Å². The number of hydrogen-bond acceptors (Lipinski definition) is 5. The van der Waals surface area contributed by atoms with Gasteiger partial charge in [-0.2, -0.15) is 0 Å². The highest BCUT2D eigenvalue weighted by Gasteiger charge is 2.51. The van der Waals surface area contributed by atoms with E-state index in [1.54, 1.807) is 7.11 Å². The van der Waals surface area contributed by atoms with Gasteiger partial charge in [-0.1, -0.05) is 6.08 Å². The van der Waals surface area contributed by atoms with Crippen LogP contribution in [0.1, 0.15) is 33.6 Å². The number of rotatable bonds is 4. The van der Waals surface area contributed by atoms with Crippen molar-refractivity contribution in [3.8, 4) is 0 Å². The number of cyclic esters (lactones) is 1. The van der Waals surface area contributed by atoms with E-state index in [1.165, 1.54) is 0 Å². The Balaban J connectivity index is 2.18. The molecule has 0 saturated carbocycles. The standard InChI is InChI=1S/C15H22Br2O5/c1-8-12(22-15(2,3)21-8)14-13(19-4)9(5-6-10(16)17)7-11(18)20-14/h6,8-9,12-14H,5,7H2,1-4H3/t8-,9-,12+,13+,14+/m1/s1. The van der Waals surface area contributed by atoms with E-state index in [0.717, 1.165) is 3.39 Å². The van der Waals surface area contributed by atoms with Gasteiger partial charge in [0.05, 0.1) is 15.9 Å². The lowest BCUT2D eigenvalue weighted by atomic mass is 9.86. The van der Waals surface area contributed by atoms with Gasteiger partial charge in [-0.3, -0.25) is 4.79 Å². The van der Waals surface area contributed by atoms with Crippen LogP contribution >= 0.6 is 31.9 Å². The average Bonchev–Trinajstić information content (AvgIpc) is 2.68. The number of hydrogen-bond donors (Lipinski definition) is 0. The SMILES string of the molecule is CO[C@H]1[C@H](CC=C(Br)Br)CC(=O)O[C@H]1[C@H]1OC(C)(C)O[C@@H]1C. The van der Waals surface area contributed by atoms with Crippen molar-refractivity contribution in [1.82, 2.24) is 0 Å². The molecule has 5 atom stereocenters. The molecule has 0 aromatic rings. The summed E-state index contributed by atoms with van der Waals surface area (Å²) in [5.41, 5.74) is 0. The molecule has 0 unspecified atom stereocenters. The van der Waals surface area contributed by atoms with Gasteiger partial charge in [0.2, 0.25) is 0 Å². The van der Waals surface area contributed by atoms with Crippen LogP contribution in [0.3, 0.4) is 0 Å². The number of carbonyl (C=O) groups is 1. The molecule has 0 aromatic heterocycles. The summed E-state index contributed by atoms with van der Waals surface area (Å²) in [6, 6.07) is 0. The smallest absolute Gasteiger partial charge is 0.306 e. The van der Waals surface area contributed by atoms with Crippen LogP contribution in [0.4, 0.5) is 0 Å². The van der Waals surface area contributed by atoms with Crippen molar-refractivity contribution in [2.45, 2.75) is 63.8 Å². The van der Waals surface area contributed by atoms with E-state index in [1.807, 2.05) is 26.8 Å². The largest absolute Gasteiger partial charge is 0.457 e. The zero-order valence-electron chi connectivity index (χ0n) is 13.2. The fourth-order valence-corrected chi connectivity index (χ4v) is 3.58. The third kappa shape index (κ3) is 4.32. The Morgan fingerprint density at radius 2 is 2.05 bits per heavy atom. The van der Waals surface area contributed by atoms with Gasteiger partial charge in [0.15, 0.2) is 11.9 Å². The van der Waals surface area contributed by atoms with Crippen LogP contribution in [0.25, 0.3) is 0 Å². The molecule has 0 bridgehead atoms. The molecule has 126 valence electrons. The summed E-state index contributed by atoms with van der Waals surface area (Å²) < 4.78 is 23.8. The quantitative estimate of drug-likeness (QED) is 0.625. The molecule has 0 spiro atoms. The molecular weight excluding hydrogens is 420 g/mol. The molecule has 0 amide bonds. The van der Waals surface area contributed by atoms with Crippen LogP contribution in [0.2, 0.25) is 0 Å². The highest BCUT2D eigenvalue weighted by Crippen LogP contribution is 2.37. The molecule has 22 heavy (non-hydrogen) atoms. The second-order valence-electron chi connectivity index (χ2n) is 6.15. The second-order valence-corrected chi connectivity index (χ2v) is 8.93. The number of allylic oxidation sites excluding steroid dienone is 1. The fourth-order valence-electron chi connectivity index (χ4n) is 3.20. The Morgan fingerprint density at radius 3 is 2.55 bits per heavy atom. The summed E-state index contributed by atoms with van der Waals surface area (Å²) in [5, 5.41) is 0. The first-order chi connectivity index (χ1) is 10.2. The minimum Gasteiger partial charge on any atom is -0.457 e. The third-order valence-corrected chi connectivity index (χ3v) is 4.66. The molecule has 0 aromatic carbocycles. The number of carbonyl (C=O) groups excluding carboxylic acids is 1. The van der Waals surface area contributed by atoms with Gasteiger partial charge in [-0.15, -0.1) is 0 Å². The molecule has 2 saturated heterocycles.